The number of anilines is 1. The molecule has 0 unspecified atom stereocenters. The van der Waals surface area contributed by atoms with Crippen LogP contribution >= 0.6 is 11.6 Å². The third kappa shape index (κ3) is 6.10. The number of allylic oxidation sites excluding steroid dienone is 4. The van der Waals surface area contributed by atoms with Crippen molar-refractivity contribution in [2.24, 2.45) is 0 Å². The van der Waals surface area contributed by atoms with Gasteiger partial charge < -0.3 is 14.5 Å². The Labute approximate surface area is 207 Å². The number of piperazine rings is 1. The summed E-state index contributed by atoms with van der Waals surface area (Å²) >= 11 is 6.41. The zero-order valence-corrected chi connectivity index (χ0v) is 22.3. The quantitative estimate of drug-likeness (QED) is 0.420. The lowest BCUT2D eigenvalue weighted by atomic mass is 10.1. The Morgan fingerprint density at radius 2 is 1.82 bits per heavy atom. The molecule has 2 aromatic rings. The molecule has 3 heterocycles. The van der Waals surface area contributed by atoms with E-state index in [4.69, 9.17) is 16.3 Å². The van der Waals surface area contributed by atoms with E-state index in [1.54, 1.807) is 16.8 Å². The van der Waals surface area contributed by atoms with Gasteiger partial charge in [-0.05, 0) is 59.7 Å². The van der Waals surface area contributed by atoms with Crippen molar-refractivity contribution in [1.82, 2.24) is 24.4 Å². The predicted molar refractivity (Wildman–Crippen MR) is 137 cm³/mol. The zero-order valence-electron chi connectivity index (χ0n) is 21.6. The average molecular weight is 489 g/mol. The molecule has 34 heavy (non-hydrogen) atoms. The molecule has 9 heteroatoms. The van der Waals surface area contributed by atoms with Gasteiger partial charge in [-0.1, -0.05) is 25.4 Å². The molecule has 0 N–H and O–H groups in total. The highest BCUT2D eigenvalue weighted by Crippen LogP contribution is 2.29. The Bertz CT molecular complexity index is 1090. The molecule has 1 amide bonds. The van der Waals surface area contributed by atoms with Gasteiger partial charge in [0.2, 0.25) is 0 Å². The lowest BCUT2D eigenvalue weighted by Crippen LogP contribution is -2.43. The number of rotatable bonds is 5. The molecular weight excluding hydrogens is 452 g/mol. The van der Waals surface area contributed by atoms with Crippen LogP contribution in [0.25, 0.3) is 5.65 Å². The fourth-order valence-corrected chi connectivity index (χ4v) is 3.99. The van der Waals surface area contributed by atoms with E-state index in [1.165, 1.54) is 4.90 Å². The third-order valence-corrected chi connectivity index (χ3v) is 5.99. The number of aromatic nitrogens is 3. The normalized spacial score (nSPS) is 16.5. The highest BCUT2D eigenvalue weighted by molar-refractivity contribution is 6.29. The number of carbonyl (C=O) groups is 1. The number of halogens is 1. The van der Waals surface area contributed by atoms with Crippen molar-refractivity contribution in [2.45, 2.75) is 60.0 Å². The molecule has 0 aromatic carbocycles. The minimum Gasteiger partial charge on any atom is -0.443 e. The summed E-state index contributed by atoms with van der Waals surface area (Å²) in [6.45, 7) is 17.7. The first kappa shape index (κ1) is 26.0. The van der Waals surface area contributed by atoms with E-state index in [9.17, 15) is 4.79 Å². The van der Waals surface area contributed by atoms with Gasteiger partial charge >= 0.3 is 6.09 Å². The monoisotopic (exact) mass is 488 g/mol. The van der Waals surface area contributed by atoms with Crippen LogP contribution in [-0.2, 0) is 4.74 Å². The standard InChI is InChI=1S/C25H37ClN6O2/c1-17(2)20-16-27-32-22(15-21(26)28-23(20)32)31(24(33)34-25(5,6)7)19(4)10-9-18(3)30-13-11-29(8)12-14-30/h9-10,15-17H,11-14H2,1-8H3/b18-9-,19-10-. The minimum absolute atomic E-state index is 0.206. The molecule has 0 aliphatic carbocycles. The number of carbonyl (C=O) groups excluding carboxylic acids is 1. The Hall–Kier alpha value is -2.58. The predicted octanol–water partition coefficient (Wildman–Crippen LogP) is 5.30. The van der Waals surface area contributed by atoms with Gasteiger partial charge in [0.25, 0.3) is 0 Å². The molecule has 0 saturated carbocycles. The number of nitrogens with zero attached hydrogens (tertiary/aromatic N) is 6. The summed E-state index contributed by atoms with van der Waals surface area (Å²) in [5.74, 6) is 0.688. The number of amides is 1. The molecule has 0 radical (unpaired) electrons. The largest absolute Gasteiger partial charge is 0.443 e. The Morgan fingerprint density at radius 1 is 1.18 bits per heavy atom. The fraction of sp³-hybridized carbons (Fsp3) is 0.560. The van der Waals surface area contributed by atoms with E-state index in [0.29, 0.717) is 17.2 Å². The van der Waals surface area contributed by atoms with Crippen LogP contribution in [0.5, 0.6) is 0 Å². The molecule has 3 rings (SSSR count). The van der Waals surface area contributed by atoms with Gasteiger partial charge in [-0.25, -0.2) is 14.7 Å². The molecule has 0 spiro atoms. The van der Waals surface area contributed by atoms with Crippen molar-refractivity contribution >= 4 is 29.2 Å². The van der Waals surface area contributed by atoms with Gasteiger partial charge in [0.05, 0.1) is 6.20 Å². The van der Waals surface area contributed by atoms with Crippen LogP contribution in [0.4, 0.5) is 10.6 Å². The maximum atomic E-state index is 13.4. The maximum Gasteiger partial charge on any atom is 0.420 e. The van der Waals surface area contributed by atoms with Crippen LogP contribution in [0.1, 0.15) is 59.9 Å². The van der Waals surface area contributed by atoms with Crippen LogP contribution in [0.2, 0.25) is 5.15 Å². The van der Waals surface area contributed by atoms with Crippen molar-refractivity contribution in [1.29, 1.82) is 0 Å². The second-order valence-corrected chi connectivity index (χ2v) is 10.5. The molecule has 2 aromatic heterocycles. The molecule has 1 fully saturated rings. The maximum absolute atomic E-state index is 13.4. The molecule has 0 bridgehead atoms. The Balaban J connectivity index is 2.05. The van der Waals surface area contributed by atoms with Crippen molar-refractivity contribution in [3.63, 3.8) is 0 Å². The first-order chi connectivity index (χ1) is 15.9. The molecule has 1 aliphatic heterocycles. The molecule has 8 nitrogen and oxygen atoms in total. The van der Waals surface area contributed by atoms with E-state index in [2.05, 4.69) is 47.7 Å². The summed E-state index contributed by atoms with van der Waals surface area (Å²) in [4.78, 5) is 24.1. The second kappa shape index (κ2) is 10.4. The van der Waals surface area contributed by atoms with Gasteiger partial charge in [0, 0.05) is 49.2 Å². The number of likely N-dealkylation sites (N-methyl/N-ethyl adjacent to an activating group) is 1. The van der Waals surface area contributed by atoms with E-state index in [0.717, 1.165) is 37.4 Å². The van der Waals surface area contributed by atoms with Crippen molar-refractivity contribution in [3.05, 3.63) is 46.5 Å². The molecule has 0 atom stereocenters. The molecule has 186 valence electrons. The highest BCUT2D eigenvalue weighted by Gasteiger charge is 2.28. The Kier molecular flexibility index (Phi) is 7.93. The summed E-state index contributed by atoms with van der Waals surface area (Å²) < 4.78 is 7.41. The van der Waals surface area contributed by atoms with Crippen molar-refractivity contribution in [2.75, 3.05) is 38.1 Å². The van der Waals surface area contributed by atoms with Gasteiger partial charge in [0.1, 0.15) is 16.6 Å². The number of hydrogen-bond acceptors (Lipinski definition) is 6. The number of ether oxygens (including phenoxy) is 1. The highest BCUT2D eigenvalue weighted by atomic mass is 35.5. The first-order valence-corrected chi connectivity index (χ1v) is 12.1. The summed E-state index contributed by atoms with van der Waals surface area (Å²) in [6.07, 6.45) is 5.25. The zero-order chi connectivity index (χ0) is 25.2. The summed E-state index contributed by atoms with van der Waals surface area (Å²) in [5.41, 5.74) is 2.76. The van der Waals surface area contributed by atoms with Crippen LogP contribution in [-0.4, -0.2) is 69.3 Å². The van der Waals surface area contributed by atoms with Crippen molar-refractivity contribution in [3.8, 4) is 0 Å². The lowest BCUT2D eigenvalue weighted by molar-refractivity contribution is 0.0591. The first-order valence-electron chi connectivity index (χ1n) is 11.7. The topological polar surface area (TPSA) is 66.2 Å². The van der Waals surface area contributed by atoms with E-state index < -0.39 is 11.7 Å². The summed E-state index contributed by atoms with van der Waals surface area (Å²) in [6, 6.07) is 1.64. The average Bonchev–Trinajstić information content (AvgIpc) is 3.15. The van der Waals surface area contributed by atoms with E-state index in [1.807, 2.05) is 39.8 Å². The number of hydrogen-bond donors (Lipinski definition) is 0. The van der Waals surface area contributed by atoms with E-state index >= 15 is 0 Å². The SMILES string of the molecule is C/C(=C/C=C(/C)N(C(=O)OC(C)(C)C)c1cc(Cl)nc2c(C(C)C)cnn12)N1CCN(C)CC1. The summed E-state index contributed by atoms with van der Waals surface area (Å²) in [7, 11) is 2.14. The van der Waals surface area contributed by atoms with Crippen LogP contribution in [0, 0.1) is 0 Å². The van der Waals surface area contributed by atoms with Crippen LogP contribution in [0.15, 0.2) is 35.8 Å². The molecule has 1 saturated heterocycles. The van der Waals surface area contributed by atoms with E-state index in [-0.39, 0.29) is 11.1 Å². The Morgan fingerprint density at radius 3 is 2.41 bits per heavy atom. The number of fused-ring (bicyclic) bond motifs is 1. The lowest BCUT2D eigenvalue weighted by Gasteiger charge is -2.34. The van der Waals surface area contributed by atoms with Gasteiger partial charge in [-0.2, -0.15) is 9.61 Å². The van der Waals surface area contributed by atoms with Gasteiger partial charge in [-0.3, -0.25) is 0 Å². The smallest absolute Gasteiger partial charge is 0.420 e. The van der Waals surface area contributed by atoms with Crippen LogP contribution < -0.4 is 4.90 Å². The summed E-state index contributed by atoms with van der Waals surface area (Å²) in [5, 5.41) is 4.82. The third-order valence-electron chi connectivity index (χ3n) is 5.80. The van der Waals surface area contributed by atoms with Crippen LogP contribution in [0.3, 0.4) is 0 Å². The second-order valence-electron chi connectivity index (χ2n) is 10.1. The minimum atomic E-state index is -0.662. The van der Waals surface area contributed by atoms with Gasteiger partial charge in [-0.15, -0.1) is 0 Å². The molecule has 1 aliphatic rings. The fourth-order valence-electron chi connectivity index (χ4n) is 3.81. The van der Waals surface area contributed by atoms with Gasteiger partial charge in [0.15, 0.2) is 5.65 Å². The molecular formula is C25H37ClN6O2. The van der Waals surface area contributed by atoms with Crippen molar-refractivity contribution < 1.29 is 9.53 Å².